The van der Waals surface area contributed by atoms with Crippen LogP contribution in [0.1, 0.15) is 39.3 Å². The van der Waals surface area contributed by atoms with Gasteiger partial charge in [0.1, 0.15) is 5.60 Å². The van der Waals surface area contributed by atoms with Gasteiger partial charge in [-0.3, -0.25) is 9.59 Å². The molecule has 142 valence electrons. The molecule has 27 heavy (non-hydrogen) atoms. The van der Waals surface area contributed by atoms with E-state index in [1.54, 1.807) is 0 Å². The van der Waals surface area contributed by atoms with E-state index in [2.05, 4.69) is 0 Å². The highest BCUT2D eigenvalue weighted by atomic mass is 32.1. The minimum atomic E-state index is -1.23. The summed E-state index contributed by atoms with van der Waals surface area (Å²) in [6.07, 6.45) is 0.577. The lowest BCUT2D eigenvalue weighted by molar-refractivity contribution is -0.161. The van der Waals surface area contributed by atoms with Crippen LogP contribution in [0.25, 0.3) is 0 Å². The lowest BCUT2D eigenvalue weighted by atomic mass is 9.75. The van der Waals surface area contributed by atoms with Crippen molar-refractivity contribution in [1.29, 1.82) is 0 Å². The Bertz CT molecular complexity index is 910. The first kappa shape index (κ1) is 18.0. The monoisotopic (exact) mass is 386 g/mol. The van der Waals surface area contributed by atoms with Gasteiger partial charge in [-0.1, -0.05) is 18.2 Å². The number of aromatic nitrogens is 1. The number of carbonyl (C=O) groups is 2. The van der Waals surface area contributed by atoms with E-state index in [0.29, 0.717) is 12.1 Å². The average Bonchev–Trinajstić information content (AvgIpc) is 3.25. The second kappa shape index (κ2) is 5.79. The van der Waals surface area contributed by atoms with Crippen molar-refractivity contribution in [2.75, 3.05) is 11.9 Å². The number of esters is 2. The molecule has 2 atom stereocenters. The van der Waals surface area contributed by atoms with Crippen LogP contribution < -0.4 is 4.90 Å². The standard InChI is InChI=1S/C20H22N2O4S/c1-18(2)11-20(15(23)25-18)12-19(3,26-16(20)24)14-10-27-17(21-14)22(4)13-8-6-5-7-9-13/h5-10H,11-12H2,1-4H3. The SMILES string of the molecule is CN(c1ccccc1)c1nc(C2(C)CC3(CC(C)(C)OC3=O)C(=O)O2)cs1. The van der Waals surface area contributed by atoms with Gasteiger partial charge in [0.25, 0.3) is 0 Å². The Hall–Kier alpha value is -2.41. The van der Waals surface area contributed by atoms with Crippen molar-refractivity contribution in [2.24, 2.45) is 5.41 Å². The van der Waals surface area contributed by atoms with Gasteiger partial charge in [0, 0.05) is 31.0 Å². The molecule has 3 heterocycles. The molecule has 0 amide bonds. The van der Waals surface area contributed by atoms with E-state index in [1.165, 1.54) is 11.3 Å². The predicted octanol–water partition coefficient (Wildman–Crippen LogP) is 3.79. The molecule has 2 aromatic rings. The summed E-state index contributed by atoms with van der Waals surface area (Å²) in [5.74, 6) is -0.996. The van der Waals surface area contributed by atoms with Crippen LogP contribution in [0.2, 0.25) is 0 Å². The van der Waals surface area contributed by atoms with Crippen LogP contribution in [-0.2, 0) is 24.7 Å². The summed E-state index contributed by atoms with van der Waals surface area (Å²) in [6, 6.07) is 9.91. The van der Waals surface area contributed by atoms with Crippen molar-refractivity contribution in [2.45, 2.75) is 44.8 Å². The number of hydrogen-bond donors (Lipinski definition) is 0. The Morgan fingerprint density at radius 2 is 1.70 bits per heavy atom. The number of hydrogen-bond acceptors (Lipinski definition) is 7. The average molecular weight is 386 g/mol. The molecule has 2 aliphatic rings. The van der Waals surface area contributed by atoms with Crippen molar-refractivity contribution in [3.8, 4) is 0 Å². The molecule has 1 aromatic carbocycles. The van der Waals surface area contributed by atoms with Gasteiger partial charge in [-0.2, -0.15) is 0 Å². The summed E-state index contributed by atoms with van der Waals surface area (Å²) in [5.41, 5.74) is -1.16. The summed E-state index contributed by atoms with van der Waals surface area (Å²) in [4.78, 5) is 31.9. The highest BCUT2D eigenvalue weighted by Gasteiger charge is 2.67. The van der Waals surface area contributed by atoms with E-state index in [0.717, 1.165) is 10.8 Å². The minimum Gasteiger partial charge on any atom is -0.459 e. The first-order chi connectivity index (χ1) is 12.7. The maximum absolute atomic E-state index is 12.7. The molecule has 6 nitrogen and oxygen atoms in total. The van der Waals surface area contributed by atoms with Crippen molar-refractivity contribution in [3.63, 3.8) is 0 Å². The van der Waals surface area contributed by atoms with Crippen molar-refractivity contribution in [1.82, 2.24) is 4.98 Å². The van der Waals surface area contributed by atoms with E-state index in [-0.39, 0.29) is 6.42 Å². The molecule has 7 heteroatoms. The molecule has 2 fully saturated rings. The summed E-state index contributed by atoms with van der Waals surface area (Å²) >= 11 is 1.48. The van der Waals surface area contributed by atoms with Gasteiger partial charge in [-0.25, -0.2) is 4.98 Å². The van der Waals surface area contributed by atoms with Crippen LogP contribution in [0.5, 0.6) is 0 Å². The number of carbonyl (C=O) groups excluding carboxylic acids is 2. The van der Waals surface area contributed by atoms with Crippen LogP contribution >= 0.6 is 11.3 Å². The fourth-order valence-electron chi connectivity index (χ4n) is 4.03. The lowest BCUT2D eigenvalue weighted by Crippen LogP contribution is -2.32. The van der Waals surface area contributed by atoms with E-state index < -0.39 is 28.6 Å². The van der Waals surface area contributed by atoms with Crippen LogP contribution in [0, 0.1) is 5.41 Å². The second-order valence-electron chi connectivity index (χ2n) is 8.12. The molecule has 1 aromatic heterocycles. The zero-order valence-corrected chi connectivity index (χ0v) is 16.6. The van der Waals surface area contributed by atoms with Crippen LogP contribution in [0.15, 0.2) is 35.7 Å². The molecule has 0 aliphatic carbocycles. The highest BCUT2D eigenvalue weighted by molar-refractivity contribution is 7.13. The largest absolute Gasteiger partial charge is 0.459 e. The first-order valence-corrected chi connectivity index (χ1v) is 9.75. The minimum absolute atomic E-state index is 0.249. The molecule has 2 aliphatic heterocycles. The van der Waals surface area contributed by atoms with Crippen LogP contribution in [0.3, 0.4) is 0 Å². The number of ether oxygens (including phenoxy) is 2. The highest BCUT2D eigenvalue weighted by Crippen LogP contribution is 2.55. The molecule has 2 saturated heterocycles. The van der Waals surface area contributed by atoms with Gasteiger partial charge in [0.05, 0.1) is 5.69 Å². The van der Waals surface area contributed by atoms with E-state index >= 15 is 0 Å². The van der Waals surface area contributed by atoms with E-state index in [4.69, 9.17) is 14.5 Å². The molecule has 0 radical (unpaired) electrons. The van der Waals surface area contributed by atoms with E-state index in [1.807, 2.05) is 68.4 Å². The number of rotatable bonds is 3. The molecule has 4 rings (SSSR count). The Labute approximate surface area is 162 Å². The second-order valence-corrected chi connectivity index (χ2v) is 8.95. The number of cyclic esters (lactones) is 2. The zero-order valence-electron chi connectivity index (χ0n) is 15.8. The number of nitrogens with zero attached hydrogens (tertiary/aromatic N) is 2. The fourth-order valence-corrected chi connectivity index (χ4v) is 4.96. The van der Waals surface area contributed by atoms with Gasteiger partial charge in [0.15, 0.2) is 16.1 Å². The molecule has 0 saturated carbocycles. The topological polar surface area (TPSA) is 68.7 Å². The zero-order chi connectivity index (χ0) is 19.4. The van der Waals surface area contributed by atoms with Crippen LogP contribution in [0.4, 0.5) is 10.8 Å². The Morgan fingerprint density at radius 1 is 1.04 bits per heavy atom. The van der Waals surface area contributed by atoms with Crippen molar-refractivity contribution < 1.29 is 19.1 Å². The number of benzene rings is 1. The summed E-state index contributed by atoms with van der Waals surface area (Å²) in [6.45, 7) is 5.45. The predicted molar refractivity (Wildman–Crippen MR) is 102 cm³/mol. The van der Waals surface area contributed by atoms with Gasteiger partial charge < -0.3 is 14.4 Å². The van der Waals surface area contributed by atoms with Gasteiger partial charge >= 0.3 is 11.9 Å². The van der Waals surface area contributed by atoms with Crippen LogP contribution in [-0.4, -0.2) is 29.6 Å². The lowest BCUT2D eigenvalue weighted by Gasteiger charge is -2.21. The Kier molecular flexibility index (Phi) is 3.86. The first-order valence-electron chi connectivity index (χ1n) is 8.87. The Balaban J connectivity index is 1.62. The van der Waals surface area contributed by atoms with Gasteiger partial charge in [-0.15, -0.1) is 11.3 Å². The summed E-state index contributed by atoms with van der Waals surface area (Å²) in [5, 5.41) is 2.69. The van der Waals surface area contributed by atoms with Crippen molar-refractivity contribution >= 4 is 34.1 Å². The van der Waals surface area contributed by atoms with Gasteiger partial charge in [-0.05, 0) is 32.9 Å². The normalized spacial score (nSPS) is 29.0. The maximum atomic E-state index is 12.7. The third-order valence-corrected chi connectivity index (χ3v) is 6.22. The maximum Gasteiger partial charge on any atom is 0.324 e. The molecule has 0 N–H and O–H groups in total. The number of anilines is 2. The molecule has 1 spiro atoms. The molecule has 0 bridgehead atoms. The Morgan fingerprint density at radius 3 is 2.33 bits per heavy atom. The smallest absolute Gasteiger partial charge is 0.324 e. The number of thiazole rings is 1. The van der Waals surface area contributed by atoms with E-state index in [9.17, 15) is 9.59 Å². The third kappa shape index (κ3) is 2.81. The number of para-hydroxylation sites is 1. The summed E-state index contributed by atoms with van der Waals surface area (Å²) < 4.78 is 11.1. The molecular formula is C20H22N2O4S. The molecular weight excluding hydrogens is 364 g/mol. The van der Waals surface area contributed by atoms with Crippen molar-refractivity contribution in [3.05, 3.63) is 41.4 Å². The molecule has 2 unspecified atom stereocenters. The quantitative estimate of drug-likeness (QED) is 0.591. The fraction of sp³-hybridized carbons (Fsp3) is 0.450. The summed E-state index contributed by atoms with van der Waals surface area (Å²) in [7, 11) is 1.94. The van der Waals surface area contributed by atoms with Gasteiger partial charge in [0.2, 0.25) is 0 Å². The third-order valence-electron chi connectivity index (χ3n) is 5.30.